The molecule has 0 aliphatic rings. The Bertz CT molecular complexity index is 1060. The predicted octanol–water partition coefficient (Wildman–Crippen LogP) is 3.64. The predicted molar refractivity (Wildman–Crippen MR) is 96.0 cm³/mol. The minimum Gasteiger partial charge on any atom is -0.506 e. The van der Waals surface area contributed by atoms with Crippen molar-refractivity contribution in [2.75, 3.05) is 12.4 Å². The second-order valence-electron chi connectivity index (χ2n) is 5.87. The molecule has 0 aliphatic heterocycles. The van der Waals surface area contributed by atoms with E-state index in [1.54, 1.807) is 0 Å². The molecule has 0 saturated heterocycles. The zero-order chi connectivity index (χ0) is 21.2. The second-order valence-corrected chi connectivity index (χ2v) is 5.87. The molecule has 0 fully saturated rings. The van der Waals surface area contributed by atoms with Crippen LogP contribution in [-0.2, 0) is 10.9 Å². The van der Waals surface area contributed by atoms with E-state index in [0.29, 0.717) is 5.69 Å². The van der Waals surface area contributed by atoms with E-state index in [4.69, 9.17) is 0 Å². The summed E-state index contributed by atoms with van der Waals surface area (Å²) in [6, 6.07) is 10.3. The molecule has 3 rings (SSSR count). The van der Waals surface area contributed by atoms with Crippen LogP contribution in [0, 0.1) is 0 Å². The number of methoxy groups -OCH3 is 1. The zero-order valence-electron chi connectivity index (χ0n) is 14.9. The van der Waals surface area contributed by atoms with Gasteiger partial charge in [0.1, 0.15) is 5.75 Å². The van der Waals surface area contributed by atoms with Crippen LogP contribution < -0.4 is 5.32 Å². The van der Waals surface area contributed by atoms with Crippen molar-refractivity contribution >= 4 is 17.6 Å². The number of hydrogen-bond donors (Lipinski definition) is 2. The van der Waals surface area contributed by atoms with Gasteiger partial charge in [0.05, 0.1) is 24.0 Å². The first-order valence-electron chi connectivity index (χ1n) is 8.15. The Morgan fingerprint density at radius 1 is 1.07 bits per heavy atom. The molecule has 2 N–H and O–H groups in total. The second kappa shape index (κ2) is 7.66. The Hall–Kier alpha value is -3.82. The highest BCUT2D eigenvalue weighted by atomic mass is 19.4. The van der Waals surface area contributed by atoms with Gasteiger partial charge in [-0.2, -0.15) is 18.3 Å². The van der Waals surface area contributed by atoms with Crippen LogP contribution >= 0.6 is 0 Å². The first-order chi connectivity index (χ1) is 13.7. The lowest BCUT2D eigenvalue weighted by Gasteiger charge is -2.09. The molecule has 29 heavy (non-hydrogen) atoms. The van der Waals surface area contributed by atoms with E-state index < -0.39 is 23.7 Å². The van der Waals surface area contributed by atoms with Crippen LogP contribution in [-0.4, -0.2) is 33.9 Å². The standard InChI is InChI=1S/C19H14F3N3O4/c1-29-18(28)12-4-7-15(26)14(10-12)23-17(27)11-2-5-13(6-3-11)25-9-8-16(24-25)19(20,21)22/h2-10,26H,1H3,(H,23,27). The van der Waals surface area contributed by atoms with E-state index in [1.165, 1.54) is 49.6 Å². The van der Waals surface area contributed by atoms with Gasteiger partial charge in [0, 0.05) is 11.8 Å². The first-order valence-corrected chi connectivity index (χ1v) is 8.15. The van der Waals surface area contributed by atoms with Crippen molar-refractivity contribution in [1.29, 1.82) is 0 Å². The Morgan fingerprint density at radius 3 is 2.31 bits per heavy atom. The van der Waals surface area contributed by atoms with Crippen molar-refractivity contribution < 1.29 is 32.6 Å². The fourth-order valence-corrected chi connectivity index (χ4v) is 2.46. The molecule has 0 unspecified atom stereocenters. The molecule has 1 aromatic heterocycles. The maximum absolute atomic E-state index is 12.6. The monoisotopic (exact) mass is 405 g/mol. The van der Waals surface area contributed by atoms with E-state index in [2.05, 4.69) is 15.2 Å². The van der Waals surface area contributed by atoms with Crippen LogP contribution in [0.3, 0.4) is 0 Å². The molecule has 150 valence electrons. The number of amides is 1. The summed E-state index contributed by atoms with van der Waals surface area (Å²) in [5.74, 6) is -1.48. The number of halogens is 3. The van der Waals surface area contributed by atoms with Crippen LogP contribution in [0.4, 0.5) is 18.9 Å². The third-order valence-electron chi connectivity index (χ3n) is 3.94. The average Bonchev–Trinajstić information content (AvgIpc) is 3.20. The molecule has 7 nitrogen and oxygen atoms in total. The van der Waals surface area contributed by atoms with Gasteiger partial charge in [0.15, 0.2) is 5.69 Å². The summed E-state index contributed by atoms with van der Waals surface area (Å²) in [6.07, 6.45) is -3.39. The number of alkyl halides is 3. The van der Waals surface area contributed by atoms with E-state index >= 15 is 0 Å². The summed E-state index contributed by atoms with van der Waals surface area (Å²) in [7, 11) is 1.20. The number of anilines is 1. The van der Waals surface area contributed by atoms with Crippen molar-refractivity contribution in [1.82, 2.24) is 9.78 Å². The van der Waals surface area contributed by atoms with Gasteiger partial charge in [-0.05, 0) is 48.5 Å². The summed E-state index contributed by atoms with van der Waals surface area (Å²) in [6.45, 7) is 0. The summed E-state index contributed by atoms with van der Waals surface area (Å²) in [5.41, 5.74) is -0.383. The first kappa shape index (κ1) is 19.9. The Labute approximate surface area is 162 Å². The summed E-state index contributed by atoms with van der Waals surface area (Å²) < 4.78 is 43.6. The van der Waals surface area contributed by atoms with Gasteiger partial charge in [-0.25, -0.2) is 9.48 Å². The number of ether oxygens (including phenoxy) is 1. The van der Waals surface area contributed by atoms with Gasteiger partial charge in [-0.3, -0.25) is 4.79 Å². The lowest BCUT2D eigenvalue weighted by Crippen LogP contribution is -2.13. The topological polar surface area (TPSA) is 93.5 Å². The number of rotatable bonds is 4. The van der Waals surface area contributed by atoms with Gasteiger partial charge >= 0.3 is 12.1 Å². The average molecular weight is 405 g/mol. The largest absolute Gasteiger partial charge is 0.506 e. The van der Waals surface area contributed by atoms with E-state index in [-0.39, 0.29) is 22.6 Å². The normalized spacial score (nSPS) is 11.2. The van der Waals surface area contributed by atoms with Crippen LogP contribution in [0.5, 0.6) is 5.75 Å². The fourth-order valence-electron chi connectivity index (χ4n) is 2.46. The van der Waals surface area contributed by atoms with Gasteiger partial charge < -0.3 is 15.2 Å². The lowest BCUT2D eigenvalue weighted by molar-refractivity contribution is -0.141. The van der Waals surface area contributed by atoms with Crippen molar-refractivity contribution in [2.24, 2.45) is 0 Å². The number of benzene rings is 2. The van der Waals surface area contributed by atoms with Gasteiger partial charge in [-0.1, -0.05) is 0 Å². The Balaban J connectivity index is 1.78. The molecule has 1 heterocycles. The number of carbonyl (C=O) groups excluding carboxylic acids is 2. The van der Waals surface area contributed by atoms with Crippen molar-refractivity contribution in [3.05, 3.63) is 71.5 Å². The number of aromatic hydroxyl groups is 1. The molecular formula is C19H14F3N3O4. The fraction of sp³-hybridized carbons (Fsp3) is 0.105. The number of phenols is 1. The number of nitrogens with one attached hydrogen (secondary N) is 1. The summed E-state index contributed by atoms with van der Waals surface area (Å²) >= 11 is 0. The van der Waals surface area contributed by atoms with Gasteiger partial charge in [-0.15, -0.1) is 0 Å². The molecule has 0 bridgehead atoms. The highest BCUT2D eigenvalue weighted by Gasteiger charge is 2.33. The van der Waals surface area contributed by atoms with Crippen LogP contribution in [0.15, 0.2) is 54.7 Å². The number of carbonyl (C=O) groups is 2. The molecule has 0 saturated carbocycles. The lowest BCUT2D eigenvalue weighted by atomic mass is 10.1. The summed E-state index contributed by atoms with van der Waals surface area (Å²) in [4.78, 5) is 24.0. The molecule has 2 aromatic carbocycles. The maximum Gasteiger partial charge on any atom is 0.435 e. The molecule has 0 aliphatic carbocycles. The summed E-state index contributed by atoms with van der Waals surface area (Å²) in [5, 5.41) is 15.8. The molecule has 1 amide bonds. The van der Waals surface area contributed by atoms with E-state index in [0.717, 1.165) is 16.9 Å². The highest BCUT2D eigenvalue weighted by molar-refractivity contribution is 6.05. The van der Waals surface area contributed by atoms with Crippen LogP contribution in [0.2, 0.25) is 0 Å². The quantitative estimate of drug-likeness (QED) is 0.511. The number of nitrogens with zero attached hydrogens (tertiary/aromatic N) is 2. The molecule has 3 aromatic rings. The third kappa shape index (κ3) is 4.37. The molecule has 0 atom stereocenters. The van der Waals surface area contributed by atoms with E-state index in [1.807, 2.05) is 0 Å². The van der Waals surface area contributed by atoms with Gasteiger partial charge in [0.2, 0.25) is 0 Å². The van der Waals surface area contributed by atoms with Crippen LogP contribution in [0.25, 0.3) is 5.69 Å². The number of esters is 1. The third-order valence-corrected chi connectivity index (χ3v) is 3.94. The molecule has 0 radical (unpaired) electrons. The maximum atomic E-state index is 12.6. The Kier molecular flexibility index (Phi) is 5.26. The molecular weight excluding hydrogens is 391 g/mol. The van der Waals surface area contributed by atoms with Crippen molar-refractivity contribution in [3.63, 3.8) is 0 Å². The van der Waals surface area contributed by atoms with E-state index in [9.17, 15) is 27.9 Å². The van der Waals surface area contributed by atoms with Crippen molar-refractivity contribution in [2.45, 2.75) is 6.18 Å². The minimum absolute atomic E-state index is 0.00358. The molecule has 0 spiro atoms. The Morgan fingerprint density at radius 2 is 1.72 bits per heavy atom. The number of hydrogen-bond acceptors (Lipinski definition) is 5. The smallest absolute Gasteiger partial charge is 0.435 e. The number of aromatic nitrogens is 2. The van der Waals surface area contributed by atoms with Crippen LogP contribution in [0.1, 0.15) is 26.4 Å². The van der Waals surface area contributed by atoms with Gasteiger partial charge in [0.25, 0.3) is 5.91 Å². The minimum atomic E-state index is -4.55. The SMILES string of the molecule is COC(=O)c1ccc(O)c(NC(=O)c2ccc(-n3ccc(C(F)(F)F)n3)cc2)c1. The zero-order valence-corrected chi connectivity index (χ0v) is 14.9. The highest BCUT2D eigenvalue weighted by Crippen LogP contribution is 2.28. The van der Waals surface area contributed by atoms with Crippen molar-refractivity contribution in [3.8, 4) is 11.4 Å². The number of phenolic OH excluding ortho intramolecular Hbond substituents is 1. The molecule has 10 heteroatoms.